The van der Waals surface area contributed by atoms with Gasteiger partial charge in [0.2, 0.25) is 0 Å². The Kier molecular flexibility index (Phi) is 4.00. The van der Waals surface area contributed by atoms with Gasteiger partial charge < -0.3 is 4.42 Å². The summed E-state index contributed by atoms with van der Waals surface area (Å²) in [5, 5.41) is 0.796. The van der Waals surface area contributed by atoms with Crippen molar-refractivity contribution in [2.24, 2.45) is 0 Å². The van der Waals surface area contributed by atoms with Gasteiger partial charge in [0.05, 0.1) is 0 Å². The molecular weight excluding hydrogens is 242 g/mol. The lowest BCUT2D eigenvalue weighted by Crippen LogP contribution is -2.10. The van der Waals surface area contributed by atoms with Gasteiger partial charge in [-0.25, -0.2) is 4.98 Å². The van der Waals surface area contributed by atoms with E-state index in [0.29, 0.717) is 0 Å². The molecule has 0 aliphatic carbocycles. The summed E-state index contributed by atoms with van der Waals surface area (Å²) >= 11 is 1.71. The lowest BCUT2D eigenvalue weighted by Gasteiger charge is -2.18. The molecule has 0 saturated carbocycles. The molecule has 2 aromatic rings. The first-order valence-electron chi connectivity index (χ1n) is 6.54. The van der Waals surface area contributed by atoms with E-state index in [9.17, 15) is 0 Å². The highest BCUT2D eigenvalue weighted by Gasteiger charge is 2.15. The highest BCUT2D eigenvalue weighted by atomic mass is 32.2. The van der Waals surface area contributed by atoms with Crippen LogP contribution in [0.2, 0.25) is 0 Å². The molecule has 0 saturated heterocycles. The molecule has 18 heavy (non-hydrogen) atoms. The molecule has 0 radical (unpaired) electrons. The Morgan fingerprint density at radius 2 is 2.06 bits per heavy atom. The average Bonchev–Trinajstić information content (AvgIpc) is 2.69. The first-order valence-corrected chi connectivity index (χ1v) is 7.53. The van der Waals surface area contributed by atoms with Crippen LogP contribution < -0.4 is 0 Å². The molecule has 0 aliphatic rings. The van der Waals surface area contributed by atoms with Crippen molar-refractivity contribution < 1.29 is 4.42 Å². The van der Waals surface area contributed by atoms with Crippen LogP contribution >= 0.6 is 11.8 Å². The van der Waals surface area contributed by atoms with Crippen LogP contribution in [0.3, 0.4) is 0 Å². The third-order valence-corrected chi connectivity index (χ3v) is 3.87. The minimum absolute atomic E-state index is 0.155. The molecule has 0 spiro atoms. The predicted octanol–water partition coefficient (Wildman–Crippen LogP) is 5.02. The number of thioether (sulfide) groups is 1. The van der Waals surface area contributed by atoms with Crippen LogP contribution in [-0.2, 0) is 5.41 Å². The lowest BCUT2D eigenvalue weighted by atomic mass is 9.87. The number of benzene rings is 1. The summed E-state index contributed by atoms with van der Waals surface area (Å²) < 4.78 is 5.73. The summed E-state index contributed by atoms with van der Waals surface area (Å²) in [7, 11) is 0. The predicted molar refractivity (Wildman–Crippen MR) is 78.3 cm³/mol. The Labute approximate surface area is 113 Å². The zero-order valence-electron chi connectivity index (χ0n) is 11.6. The highest BCUT2D eigenvalue weighted by Crippen LogP contribution is 2.29. The zero-order valence-corrected chi connectivity index (χ0v) is 12.4. The second-order valence-corrected chi connectivity index (χ2v) is 6.66. The summed E-state index contributed by atoms with van der Waals surface area (Å²) in [6.07, 6.45) is 2.41. The number of fused-ring (bicyclic) bond motifs is 1. The molecule has 2 rings (SSSR count). The van der Waals surface area contributed by atoms with Crippen LogP contribution in [0.15, 0.2) is 27.8 Å². The minimum Gasteiger partial charge on any atom is -0.431 e. The van der Waals surface area contributed by atoms with Gasteiger partial charge in [0.1, 0.15) is 5.52 Å². The molecule has 2 nitrogen and oxygen atoms in total. The molecule has 0 fully saturated rings. The van der Waals surface area contributed by atoms with E-state index < -0.39 is 0 Å². The van der Waals surface area contributed by atoms with Gasteiger partial charge in [-0.05, 0) is 29.5 Å². The summed E-state index contributed by atoms with van der Waals surface area (Å²) in [4.78, 5) is 4.55. The van der Waals surface area contributed by atoms with E-state index in [1.807, 2.05) is 6.07 Å². The molecule has 0 amide bonds. The molecule has 0 N–H and O–H groups in total. The topological polar surface area (TPSA) is 26.0 Å². The molecule has 98 valence electrons. The fourth-order valence-corrected chi connectivity index (χ4v) is 2.66. The SMILES string of the molecule is CCCCSc1nc2cc(C(C)(C)C)ccc2o1. The van der Waals surface area contributed by atoms with Gasteiger partial charge in [-0.3, -0.25) is 0 Å². The van der Waals surface area contributed by atoms with Gasteiger partial charge in [-0.15, -0.1) is 0 Å². The maximum absolute atomic E-state index is 5.73. The fourth-order valence-electron chi connectivity index (χ4n) is 1.74. The minimum atomic E-state index is 0.155. The van der Waals surface area contributed by atoms with E-state index in [0.717, 1.165) is 22.1 Å². The molecule has 1 aromatic carbocycles. The summed E-state index contributed by atoms with van der Waals surface area (Å²) in [6, 6.07) is 6.31. The van der Waals surface area contributed by atoms with Crippen LogP contribution in [0.5, 0.6) is 0 Å². The standard InChI is InChI=1S/C15H21NOS/c1-5-6-9-18-14-16-12-10-11(15(2,3)4)7-8-13(12)17-14/h7-8,10H,5-6,9H2,1-4H3. The van der Waals surface area contributed by atoms with Gasteiger partial charge in [0.15, 0.2) is 5.58 Å². The smallest absolute Gasteiger partial charge is 0.256 e. The van der Waals surface area contributed by atoms with Crippen molar-refractivity contribution in [3.63, 3.8) is 0 Å². The average molecular weight is 263 g/mol. The van der Waals surface area contributed by atoms with Gasteiger partial charge >= 0.3 is 0 Å². The van der Waals surface area contributed by atoms with Crippen molar-refractivity contribution in [2.75, 3.05) is 5.75 Å². The molecule has 0 bridgehead atoms. The van der Waals surface area contributed by atoms with Crippen LogP contribution in [0.25, 0.3) is 11.1 Å². The molecule has 1 heterocycles. The Morgan fingerprint density at radius 1 is 1.28 bits per heavy atom. The molecular formula is C15H21NOS. The van der Waals surface area contributed by atoms with E-state index >= 15 is 0 Å². The number of aromatic nitrogens is 1. The van der Waals surface area contributed by atoms with Gasteiger partial charge in [-0.1, -0.05) is 51.9 Å². The lowest BCUT2D eigenvalue weighted by molar-refractivity contribution is 0.489. The first kappa shape index (κ1) is 13.5. The third kappa shape index (κ3) is 3.08. The van der Waals surface area contributed by atoms with Crippen molar-refractivity contribution >= 4 is 22.9 Å². The largest absolute Gasteiger partial charge is 0.431 e. The van der Waals surface area contributed by atoms with E-state index in [4.69, 9.17) is 4.42 Å². The van der Waals surface area contributed by atoms with E-state index in [2.05, 4.69) is 44.8 Å². The highest BCUT2D eigenvalue weighted by molar-refractivity contribution is 7.99. The number of oxazole rings is 1. The van der Waals surface area contributed by atoms with Crippen molar-refractivity contribution in [2.45, 2.75) is 51.2 Å². The number of hydrogen-bond donors (Lipinski definition) is 0. The Morgan fingerprint density at radius 3 is 2.72 bits per heavy atom. The zero-order chi connectivity index (χ0) is 13.2. The second kappa shape index (κ2) is 5.35. The first-order chi connectivity index (χ1) is 8.50. The van der Waals surface area contributed by atoms with Crippen molar-refractivity contribution in [3.8, 4) is 0 Å². The summed E-state index contributed by atoms with van der Waals surface area (Å²) in [5.74, 6) is 1.08. The van der Waals surface area contributed by atoms with Crippen LogP contribution in [0, 0.1) is 0 Å². The van der Waals surface area contributed by atoms with Gasteiger partial charge in [0, 0.05) is 5.75 Å². The Bertz CT molecular complexity index is 525. The van der Waals surface area contributed by atoms with E-state index in [1.165, 1.54) is 18.4 Å². The Balaban J connectivity index is 2.23. The maximum Gasteiger partial charge on any atom is 0.256 e. The fraction of sp³-hybridized carbons (Fsp3) is 0.533. The molecule has 0 aliphatic heterocycles. The number of nitrogens with zero attached hydrogens (tertiary/aromatic N) is 1. The van der Waals surface area contributed by atoms with Crippen molar-refractivity contribution in [1.29, 1.82) is 0 Å². The molecule has 0 unspecified atom stereocenters. The molecule has 1 aromatic heterocycles. The van der Waals surface area contributed by atoms with Gasteiger partial charge in [-0.2, -0.15) is 0 Å². The van der Waals surface area contributed by atoms with Crippen LogP contribution in [0.1, 0.15) is 46.1 Å². The monoisotopic (exact) mass is 263 g/mol. The van der Waals surface area contributed by atoms with Crippen LogP contribution in [-0.4, -0.2) is 10.7 Å². The second-order valence-electron chi connectivity index (χ2n) is 5.61. The van der Waals surface area contributed by atoms with E-state index in [1.54, 1.807) is 11.8 Å². The number of hydrogen-bond acceptors (Lipinski definition) is 3. The maximum atomic E-state index is 5.73. The van der Waals surface area contributed by atoms with E-state index in [-0.39, 0.29) is 5.41 Å². The van der Waals surface area contributed by atoms with Gasteiger partial charge in [0.25, 0.3) is 5.22 Å². The van der Waals surface area contributed by atoms with Crippen LogP contribution in [0.4, 0.5) is 0 Å². The molecule has 0 atom stereocenters. The third-order valence-electron chi connectivity index (χ3n) is 2.96. The Hall–Kier alpha value is -0.960. The summed E-state index contributed by atoms with van der Waals surface area (Å²) in [6.45, 7) is 8.84. The van der Waals surface area contributed by atoms with Crippen molar-refractivity contribution in [1.82, 2.24) is 4.98 Å². The normalized spacial score (nSPS) is 12.2. The molecule has 3 heteroatoms. The summed E-state index contributed by atoms with van der Waals surface area (Å²) in [5.41, 5.74) is 3.32. The number of rotatable bonds is 4. The number of unbranched alkanes of at least 4 members (excludes halogenated alkanes) is 1. The van der Waals surface area contributed by atoms with Crippen molar-refractivity contribution in [3.05, 3.63) is 23.8 Å². The quantitative estimate of drug-likeness (QED) is 0.572.